The molecular formula is C25H32N4O3. The Kier molecular flexibility index (Phi) is 7.34. The molecule has 2 aliphatic rings. The summed E-state index contributed by atoms with van der Waals surface area (Å²) in [7, 11) is 0. The van der Waals surface area contributed by atoms with E-state index in [0.29, 0.717) is 24.3 Å². The number of ether oxygens (including phenoxy) is 1. The molecule has 170 valence electrons. The zero-order valence-corrected chi connectivity index (χ0v) is 19.1. The fourth-order valence-corrected chi connectivity index (χ4v) is 4.80. The molecule has 1 aromatic carbocycles. The summed E-state index contributed by atoms with van der Waals surface area (Å²) in [5.74, 6) is 4.49. The van der Waals surface area contributed by atoms with Crippen LogP contribution in [0.15, 0.2) is 29.3 Å². The average Bonchev–Trinajstić information content (AvgIpc) is 3.19. The quantitative estimate of drug-likeness (QED) is 0.483. The standard InChI is InChI=1S/C25H32N4O3/c1-4-7-21(30)29-13-12-25(16-29)14-18(15-25)28-20(5-2)22(24(27)31)23(26)17-8-10-19(11-9-17)32-6-3/h8-11,18,22,26H,5-6,12-16H2,1-3H3,(H2,27,31). The van der Waals surface area contributed by atoms with Gasteiger partial charge < -0.3 is 20.8 Å². The molecule has 2 amide bonds. The minimum absolute atomic E-state index is 0.0900. The summed E-state index contributed by atoms with van der Waals surface area (Å²) in [5, 5.41) is 8.64. The minimum Gasteiger partial charge on any atom is -0.494 e. The van der Waals surface area contributed by atoms with Crippen LogP contribution >= 0.6 is 0 Å². The van der Waals surface area contributed by atoms with Gasteiger partial charge in [0.15, 0.2) is 0 Å². The Balaban J connectivity index is 1.70. The highest BCUT2D eigenvalue weighted by Gasteiger charge is 2.49. The lowest BCUT2D eigenvalue weighted by molar-refractivity contribution is -0.125. The smallest absolute Gasteiger partial charge is 0.298 e. The molecule has 7 heteroatoms. The Morgan fingerprint density at radius 2 is 2.00 bits per heavy atom. The number of benzene rings is 1. The Bertz CT molecular complexity index is 965. The number of aliphatic imine (C=N–C) groups is 1. The van der Waals surface area contributed by atoms with E-state index in [2.05, 4.69) is 11.8 Å². The van der Waals surface area contributed by atoms with E-state index in [9.17, 15) is 9.59 Å². The molecule has 1 aromatic rings. The number of primary amides is 1. The summed E-state index contributed by atoms with van der Waals surface area (Å²) in [4.78, 5) is 31.1. The summed E-state index contributed by atoms with van der Waals surface area (Å²) < 4.78 is 5.46. The lowest BCUT2D eigenvalue weighted by atomic mass is 9.65. The van der Waals surface area contributed by atoms with E-state index in [-0.39, 0.29) is 23.1 Å². The molecule has 1 atom stereocenters. The number of carbonyl (C=O) groups excluding carboxylic acids is 2. The number of rotatable bonds is 8. The summed E-state index contributed by atoms with van der Waals surface area (Å²) in [5.41, 5.74) is 7.26. The van der Waals surface area contributed by atoms with E-state index in [1.807, 2.05) is 18.7 Å². The van der Waals surface area contributed by atoms with Crippen LogP contribution in [0.5, 0.6) is 5.75 Å². The van der Waals surface area contributed by atoms with Gasteiger partial charge in [0.05, 0.1) is 18.4 Å². The number of nitrogens with two attached hydrogens (primary N) is 1. The van der Waals surface area contributed by atoms with Crippen molar-refractivity contribution >= 4 is 23.2 Å². The van der Waals surface area contributed by atoms with Gasteiger partial charge in [0.2, 0.25) is 5.91 Å². The first kappa shape index (κ1) is 23.5. The average molecular weight is 437 g/mol. The molecule has 0 radical (unpaired) electrons. The van der Waals surface area contributed by atoms with E-state index in [4.69, 9.17) is 20.9 Å². The van der Waals surface area contributed by atoms with Crippen LogP contribution in [0.2, 0.25) is 0 Å². The second-order valence-corrected chi connectivity index (χ2v) is 8.59. The molecule has 1 aliphatic heterocycles. The number of nitrogens with one attached hydrogen (secondary N) is 1. The van der Waals surface area contributed by atoms with Gasteiger partial charge in [-0.25, -0.2) is 0 Å². The Labute approximate surface area is 189 Å². The van der Waals surface area contributed by atoms with Crippen molar-refractivity contribution in [1.82, 2.24) is 4.90 Å². The summed E-state index contributed by atoms with van der Waals surface area (Å²) in [6.45, 7) is 7.53. The van der Waals surface area contributed by atoms with E-state index < -0.39 is 11.8 Å². The number of amides is 2. The molecule has 3 rings (SSSR count). The Morgan fingerprint density at radius 3 is 2.56 bits per heavy atom. The van der Waals surface area contributed by atoms with Gasteiger partial charge in [-0.3, -0.25) is 14.6 Å². The summed E-state index contributed by atoms with van der Waals surface area (Å²) in [6.07, 6.45) is 3.26. The predicted octanol–water partition coefficient (Wildman–Crippen LogP) is 2.81. The molecule has 1 heterocycles. The van der Waals surface area contributed by atoms with Crippen LogP contribution in [0.25, 0.3) is 0 Å². The normalized spacial score (nSPS) is 23.2. The number of hydrogen-bond donors (Lipinski definition) is 2. The molecule has 1 saturated carbocycles. The van der Waals surface area contributed by atoms with E-state index in [1.165, 1.54) is 0 Å². The Hall–Kier alpha value is -3.14. The molecule has 1 spiro atoms. The maximum Gasteiger partial charge on any atom is 0.298 e. The summed E-state index contributed by atoms with van der Waals surface area (Å²) >= 11 is 0. The first-order valence-corrected chi connectivity index (χ1v) is 11.2. The van der Waals surface area contributed by atoms with Crippen LogP contribution in [0.1, 0.15) is 52.0 Å². The molecule has 2 fully saturated rings. The van der Waals surface area contributed by atoms with Gasteiger partial charge in [-0.1, -0.05) is 12.8 Å². The molecule has 1 saturated heterocycles. The molecule has 3 N–H and O–H groups in total. The minimum atomic E-state index is -0.851. The zero-order valence-electron chi connectivity index (χ0n) is 19.1. The molecule has 32 heavy (non-hydrogen) atoms. The van der Waals surface area contributed by atoms with E-state index >= 15 is 0 Å². The third kappa shape index (κ3) is 5.01. The highest BCUT2D eigenvalue weighted by atomic mass is 16.5. The van der Waals surface area contributed by atoms with Crippen LogP contribution in [-0.2, 0) is 9.59 Å². The second-order valence-electron chi connectivity index (χ2n) is 8.59. The highest BCUT2D eigenvalue weighted by molar-refractivity contribution is 6.25. The lowest BCUT2D eigenvalue weighted by Gasteiger charge is -2.43. The maximum absolute atomic E-state index is 12.3. The van der Waals surface area contributed by atoms with Gasteiger partial charge in [-0.05, 0) is 80.7 Å². The van der Waals surface area contributed by atoms with Crippen LogP contribution < -0.4 is 10.5 Å². The fraction of sp³-hybridized carbons (Fsp3) is 0.520. The SMILES string of the molecule is CC#CC(=O)N1CCC2(CC(N=C(CC)C(C(=N)c3ccc(OCC)cc3)C(N)=O)C2)C1. The predicted molar refractivity (Wildman–Crippen MR) is 125 cm³/mol. The van der Waals surface area contributed by atoms with Crippen LogP contribution in [-0.4, -0.2) is 53.9 Å². The number of nitrogens with zero attached hydrogens (tertiary/aromatic N) is 2. The second kappa shape index (κ2) is 9.99. The number of hydrogen-bond acceptors (Lipinski definition) is 5. The van der Waals surface area contributed by atoms with Crippen LogP contribution in [0.3, 0.4) is 0 Å². The first-order valence-electron chi connectivity index (χ1n) is 11.2. The molecule has 0 bridgehead atoms. The van der Waals surface area contributed by atoms with Crippen molar-refractivity contribution in [2.75, 3.05) is 19.7 Å². The highest BCUT2D eigenvalue weighted by Crippen LogP contribution is 2.49. The van der Waals surface area contributed by atoms with Gasteiger partial charge in [0, 0.05) is 18.8 Å². The summed E-state index contributed by atoms with van der Waals surface area (Å²) in [6, 6.07) is 7.23. The first-order chi connectivity index (χ1) is 15.3. The van der Waals surface area contributed by atoms with E-state index in [1.54, 1.807) is 31.2 Å². The largest absolute Gasteiger partial charge is 0.494 e. The van der Waals surface area contributed by atoms with Crippen molar-refractivity contribution in [1.29, 1.82) is 5.41 Å². The molecule has 0 aromatic heterocycles. The van der Waals surface area contributed by atoms with Crippen molar-refractivity contribution in [3.05, 3.63) is 29.8 Å². The van der Waals surface area contributed by atoms with Crippen molar-refractivity contribution < 1.29 is 14.3 Å². The van der Waals surface area contributed by atoms with Gasteiger partial charge in [0.25, 0.3) is 5.91 Å². The van der Waals surface area contributed by atoms with Crippen molar-refractivity contribution in [2.24, 2.45) is 22.1 Å². The maximum atomic E-state index is 12.3. The van der Waals surface area contributed by atoms with Gasteiger partial charge in [0.1, 0.15) is 11.7 Å². The third-order valence-corrected chi connectivity index (χ3v) is 6.39. The topological polar surface area (TPSA) is 109 Å². The van der Waals surface area contributed by atoms with Gasteiger partial charge >= 0.3 is 0 Å². The fourth-order valence-electron chi connectivity index (χ4n) is 4.80. The van der Waals surface area contributed by atoms with Crippen molar-refractivity contribution in [3.63, 3.8) is 0 Å². The molecule has 7 nitrogen and oxygen atoms in total. The number of carbonyl (C=O) groups is 2. The number of likely N-dealkylation sites (tertiary alicyclic amines) is 1. The molecule has 1 unspecified atom stereocenters. The lowest BCUT2D eigenvalue weighted by Crippen LogP contribution is -2.44. The van der Waals surface area contributed by atoms with Crippen LogP contribution in [0, 0.1) is 28.6 Å². The van der Waals surface area contributed by atoms with Crippen molar-refractivity contribution in [2.45, 2.75) is 52.5 Å². The zero-order chi connectivity index (χ0) is 23.3. The van der Waals surface area contributed by atoms with Crippen molar-refractivity contribution in [3.8, 4) is 17.6 Å². The van der Waals surface area contributed by atoms with E-state index in [0.717, 1.165) is 38.1 Å². The van der Waals surface area contributed by atoms with Gasteiger partial charge in [-0.2, -0.15) is 0 Å². The van der Waals surface area contributed by atoms with Crippen LogP contribution in [0.4, 0.5) is 0 Å². The molecular weight excluding hydrogens is 404 g/mol. The third-order valence-electron chi connectivity index (χ3n) is 6.39. The Morgan fingerprint density at radius 1 is 1.31 bits per heavy atom. The molecule has 1 aliphatic carbocycles. The van der Waals surface area contributed by atoms with Gasteiger partial charge in [-0.15, -0.1) is 0 Å². The monoisotopic (exact) mass is 436 g/mol.